The normalized spacial score (nSPS) is 14.1. The van der Waals surface area contributed by atoms with Gasteiger partial charge in [0.05, 0.1) is 0 Å². The van der Waals surface area contributed by atoms with Crippen molar-refractivity contribution in [3.05, 3.63) is 0 Å². The molecular weight excluding hydrogens is 196 g/mol. The summed E-state index contributed by atoms with van der Waals surface area (Å²) in [5, 5.41) is 0. The molecule has 0 aromatic rings. The quantitative estimate of drug-likeness (QED) is 0.657. The predicted molar refractivity (Wildman–Crippen MR) is 73.6 cm³/mol. The van der Waals surface area contributed by atoms with E-state index in [0.717, 1.165) is 18.4 Å². The second-order valence-corrected chi connectivity index (χ2v) is 6.03. The fourth-order valence-electron chi connectivity index (χ4n) is 2.07. The summed E-state index contributed by atoms with van der Waals surface area (Å²) in [6.45, 7) is 16.0. The molecule has 0 rings (SSSR count). The first-order chi connectivity index (χ1) is 7.45. The van der Waals surface area contributed by atoms with Crippen molar-refractivity contribution >= 4 is 0 Å². The zero-order valence-corrected chi connectivity index (χ0v) is 12.0. The van der Waals surface area contributed by atoms with Crippen molar-refractivity contribution in [1.29, 1.82) is 0 Å². The smallest absolute Gasteiger partial charge is 0.000449 e. The number of rotatable bonds is 9. The zero-order valence-electron chi connectivity index (χ0n) is 12.0. The van der Waals surface area contributed by atoms with E-state index in [4.69, 9.17) is 5.73 Å². The minimum atomic E-state index is 0.681. The monoisotopic (exact) mass is 228 g/mol. The lowest BCUT2D eigenvalue weighted by Crippen LogP contribution is -2.32. The maximum absolute atomic E-state index is 5.64. The van der Waals surface area contributed by atoms with Gasteiger partial charge in [0, 0.05) is 13.1 Å². The van der Waals surface area contributed by atoms with Gasteiger partial charge in [-0.2, -0.15) is 0 Å². The Bertz CT molecular complexity index is 145. The molecule has 0 aromatic carbocycles. The molecule has 0 radical (unpaired) electrons. The van der Waals surface area contributed by atoms with Gasteiger partial charge in [0.1, 0.15) is 0 Å². The maximum Gasteiger partial charge on any atom is 0.000449 e. The van der Waals surface area contributed by atoms with Gasteiger partial charge in [0.25, 0.3) is 0 Å². The van der Waals surface area contributed by atoms with Gasteiger partial charge < -0.3 is 10.6 Å². The van der Waals surface area contributed by atoms with E-state index < -0.39 is 0 Å². The number of nitrogens with zero attached hydrogens (tertiary/aromatic N) is 1. The van der Waals surface area contributed by atoms with E-state index in [1.54, 1.807) is 0 Å². The van der Waals surface area contributed by atoms with Gasteiger partial charge in [-0.25, -0.2) is 0 Å². The minimum Gasteiger partial charge on any atom is -0.330 e. The highest BCUT2D eigenvalue weighted by Crippen LogP contribution is 2.08. The van der Waals surface area contributed by atoms with E-state index in [1.165, 1.54) is 32.5 Å². The second-order valence-electron chi connectivity index (χ2n) is 6.03. The molecule has 1 unspecified atom stereocenters. The Labute approximate surface area is 103 Å². The lowest BCUT2D eigenvalue weighted by atomic mass is 10.1. The van der Waals surface area contributed by atoms with Crippen molar-refractivity contribution < 1.29 is 0 Å². The zero-order chi connectivity index (χ0) is 12.6. The Morgan fingerprint density at radius 2 is 1.44 bits per heavy atom. The molecule has 1 atom stereocenters. The van der Waals surface area contributed by atoms with Crippen LogP contribution >= 0.6 is 0 Å². The molecule has 0 saturated heterocycles. The summed E-state index contributed by atoms with van der Waals surface area (Å²) in [6, 6.07) is 0. The van der Waals surface area contributed by atoms with Gasteiger partial charge in [0.2, 0.25) is 0 Å². The van der Waals surface area contributed by atoms with Crippen molar-refractivity contribution in [1.82, 2.24) is 4.90 Å². The van der Waals surface area contributed by atoms with E-state index in [1.807, 2.05) is 0 Å². The number of nitrogens with two attached hydrogens (primary N) is 1. The lowest BCUT2D eigenvalue weighted by molar-refractivity contribution is 0.212. The Kier molecular flexibility index (Phi) is 8.96. The minimum absolute atomic E-state index is 0.681. The van der Waals surface area contributed by atoms with Crippen molar-refractivity contribution in [3.8, 4) is 0 Å². The maximum atomic E-state index is 5.64. The molecule has 0 saturated carbocycles. The molecular formula is C14H32N2. The molecule has 16 heavy (non-hydrogen) atoms. The molecule has 0 spiro atoms. The summed E-state index contributed by atoms with van der Waals surface area (Å²) >= 11 is 0. The van der Waals surface area contributed by atoms with Crippen LogP contribution in [0.3, 0.4) is 0 Å². The average molecular weight is 228 g/mol. The molecule has 0 fully saturated rings. The third-order valence-corrected chi connectivity index (χ3v) is 2.82. The van der Waals surface area contributed by atoms with Crippen LogP contribution in [-0.2, 0) is 0 Å². The van der Waals surface area contributed by atoms with Crippen LogP contribution < -0.4 is 5.73 Å². The van der Waals surface area contributed by atoms with E-state index in [-0.39, 0.29) is 0 Å². The highest BCUT2D eigenvalue weighted by Gasteiger charge is 2.09. The van der Waals surface area contributed by atoms with Crippen LogP contribution in [0.25, 0.3) is 0 Å². The van der Waals surface area contributed by atoms with Gasteiger partial charge >= 0.3 is 0 Å². The Hall–Kier alpha value is -0.0800. The summed E-state index contributed by atoms with van der Waals surface area (Å²) in [4.78, 5) is 2.61. The van der Waals surface area contributed by atoms with Crippen molar-refractivity contribution in [2.45, 2.75) is 47.5 Å². The van der Waals surface area contributed by atoms with Gasteiger partial charge in [-0.05, 0) is 43.7 Å². The highest BCUT2D eigenvalue weighted by atomic mass is 15.1. The molecule has 0 aromatic heterocycles. The Morgan fingerprint density at radius 1 is 0.938 bits per heavy atom. The Balaban J connectivity index is 3.82. The van der Waals surface area contributed by atoms with Gasteiger partial charge in [-0.3, -0.25) is 0 Å². The summed E-state index contributed by atoms with van der Waals surface area (Å²) in [5.41, 5.74) is 5.64. The summed E-state index contributed by atoms with van der Waals surface area (Å²) < 4.78 is 0. The van der Waals surface area contributed by atoms with Crippen molar-refractivity contribution in [2.75, 3.05) is 26.2 Å². The third kappa shape index (κ3) is 9.17. The van der Waals surface area contributed by atoms with Crippen LogP contribution in [0, 0.1) is 17.8 Å². The summed E-state index contributed by atoms with van der Waals surface area (Å²) in [7, 11) is 0. The third-order valence-electron chi connectivity index (χ3n) is 2.82. The first-order valence-electron chi connectivity index (χ1n) is 6.88. The van der Waals surface area contributed by atoms with E-state index in [2.05, 4.69) is 39.5 Å². The topological polar surface area (TPSA) is 29.3 Å². The molecule has 0 aliphatic rings. The number of hydrogen-bond donors (Lipinski definition) is 1. The molecule has 0 heterocycles. The number of hydrogen-bond acceptors (Lipinski definition) is 2. The van der Waals surface area contributed by atoms with E-state index in [0.29, 0.717) is 5.92 Å². The van der Waals surface area contributed by atoms with E-state index in [9.17, 15) is 0 Å². The van der Waals surface area contributed by atoms with Crippen molar-refractivity contribution in [3.63, 3.8) is 0 Å². The fourth-order valence-corrected chi connectivity index (χ4v) is 2.07. The molecule has 0 bridgehead atoms. The predicted octanol–water partition coefficient (Wildman–Crippen LogP) is 2.98. The fraction of sp³-hybridized carbons (Fsp3) is 1.00. The van der Waals surface area contributed by atoms with E-state index >= 15 is 0 Å². The molecule has 0 aliphatic heterocycles. The standard InChI is InChI=1S/C14H32N2/c1-12(2)10-16(11-13(3)4)8-6-7-14(5)9-15/h12-14H,6-11,15H2,1-5H3. The SMILES string of the molecule is CC(C)CN(CCCC(C)CN)CC(C)C. The van der Waals surface area contributed by atoms with Crippen LogP contribution in [0.4, 0.5) is 0 Å². The van der Waals surface area contributed by atoms with Gasteiger partial charge in [-0.15, -0.1) is 0 Å². The average Bonchev–Trinajstić information content (AvgIpc) is 2.15. The largest absolute Gasteiger partial charge is 0.330 e. The molecule has 98 valence electrons. The lowest BCUT2D eigenvalue weighted by Gasteiger charge is -2.26. The van der Waals surface area contributed by atoms with Crippen LogP contribution in [-0.4, -0.2) is 31.1 Å². The Morgan fingerprint density at radius 3 is 1.81 bits per heavy atom. The van der Waals surface area contributed by atoms with Crippen LogP contribution in [0.15, 0.2) is 0 Å². The summed E-state index contributed by atoms with van der Waals surface area (Å²) in [6.07, 6.45) is 2.56. The molecule has 0 amide bonds. The van der Waals surface area contributed by atoms with Crippen LogP contribution in [0.5, 0.6) is 0 Å². The first-order valence-corrected chi connectivity index (χ1v) is 6.88. The van der Waals surface area contributed by atoms with Crippen molar-refractivity contribution in [2.24, 2.45) is 23.5 Å². The van der Waals surface area contributed by atoms with Gasteiger partial charge in [0.15, 0.2) is 0 Å². The molecule has 0 aliphatic carbocycles. The van der Waals surface area contributed by atoms with Crippen LogP contribution in [0.1, 0.15) is 47.5 Å². The first kappa shape index (κ1) is 15.9. The summed E-state index contributed by atoms with van der Waals surface area (Å²) in [5.74, 6) is 2.22. The highest BCUT2D eigenvalue weighted by molar-refractivity contribution is 4.64. The molecule has 2 nitrogen and oxygen atoms in total. The molecule has 2 N–H and O–H groups in total. The molecule has 2 heteroatoms. The second kappa shape index (κ2) is 9.00. The van der Waals surface area contributed by atoms with Crippen LogP contribution in [0.2, 0.25) is 0 Å². The van der Waals surface area contributed by atoms with Gasteiger partial charge in [-0.1, -0.05) is 34.6 Å².